The van der Waals surface area contributed by atoms with Gasteiger partial charge in [-0.25, -0.2) is 4.99 Å². The van der Waals surface area contributed by atoms with Gasteiger partial charge in [-0.2, -0.15) is 0 Å². The molecule has 0 bridgehead atoms. The van der Waals surface area contributed by atoms with Crippen LogP contribution in [0.25, 0.3) is 0 Å². The lowest BCUT2D eigenvalue weighted by Crippen LogP contribution is -2.43. The van der Waals surface area contributed by atoms with Gasteiger partial charge in [0.2, 0.25) is 0 Å². The zero-order valence-corrected chi connectivity index (χ0v) is 16.3. The van der Waals surface area contributed by atoms with Gasteiger partial charge in [0.1, 0.15) is 11.6 Å². The van der Waals surface area contributed by atoms with Crippen LogP contribution >= 0.6 is 0 Å². The average Bonchev–Trinajstić information content (AvgIpc) is 2.89. The number of allylic oxidation sites excluding steroid dienone is 1. The first-order valence-corrected chi connectivity index (χ1v) is 9.37. The Morgan fingerprint density at radius 3 is 2.59 bits per heavy atom. The average molecular weight is 393 g/mol. The van der Waals surface area contributed by atoms with Gasteiger partial charge in [0.05, 0.1) is 18.0 Å². The molecule has 1 heterocycles. The van der Waals surface area contributed by atoms with Gasteiger partial charge in [-0.15, -0.1) is 0 Å². The van der Waals surface area contributed by atoms with Crippen molar-refractivity contribution in [2.75, 3.05) is 18.5 Å². The molecule has 150 valence electrons. The Bertz CT molecular complexity index is 938. The molecule has 2 aromatic rings. The second-order valence-electron chi connectivity index (χ2n) is 6.22. The maximum Gasteiger partial charge on any atom is 0.322 e. The summed E-state index contributed by atoms with van der Waals surface area (Å²) in [6.07, 6.45) is 1.77. The number of hydrogen-bond acceptors (Lipinski definition) is 6. The van der Waals surface area contributed by atoms with Crippen molar-refractivity contribution in [3.63, 3.8) is 0 Å². The number of hydrogen-bond donors (Lipinski definition) is 2. The first kappa shape index (κ1) is 20.1. The molecular weight excluding hydrogens is 370 g/mol. The van der Waals surface area contributed by atoms with Gasteiger partial charge in [-0.05, 0) is 38.1 Å². The second-order valence-corrected chi connectivity index (χ2v) is 6.22. The molecule has 0 unspecified atom stereocenters. The standard InChI is InChI=1S/C22H23N3O4/c1-3-16-20(22(27)28-4-2)21(24-18-13-9-8-12-17(18)23-16)25-19(26)14-29-15-10-6-5-7-11-15/h3,5-13,20,23H,4,14H2,1-2H3,(H,24,25,26)/b16-3+/t20-/m0/s1. The summed E-state index contributed by atoms with van der Waals surface area (Å²) in [5.41, 5.74) is 1.93. The van der Waals surface area contributed by atoms with E-state index in [1.807, 2.05) is 36.4 Å². The van der Waals surface area contributed by atoms with Crippen LogP contribution in [-0.2, 0) is 14.3 Å². The molecule has 7 heteroatoms. The highest BCUT2D eigenvalue weighted by Gasteiger charge is 2.33. The van der Waals surface area contributed by atoms with Crippen molar-refractivity contribution < 1.29 is 19.1 Å². The second kappa shape index (κ2) is 9.54. The summed E-state index contributed by atoms with van der Waals surface area (Å²) in [5.74, 6) is -1.03. The van der Waals surface area contributed by atoms with E-state index in [0.717, 1.165) is 5.69 Å². The van der Waals surface area contributed by atoms with E-state index in [9.17, 15) is 9.59 Å². The number of anilines is 1. The Labute approximate surface area is 169 Å². The Balaban J connectivity index is 1.86. The molecule has 29 heavy (non-hydrogen) atoms. The fourth-order valence-corrected chi connectivity index (χ4v) is 2.89. The number of ether oxygens (including phenoxy) is 2. The molecule has 0 saturated heterocycles. The summed E-state index contributed by atoms with van der Waals surface area (Å²) in [6, 6.07) is 16.4. The summed E-state index contributed by atoms with van der Waals surface area (Å²) in [5, 5.41) is 5.95. The van der Waals surface area contributed by atoms with Crippen molar-refractivity contribution >= 4 is 29.1 Å². The number of carbonyl (C=O) groups excluding carboxylic acids is 2. The Kier molecular flexibility index (Phi) is 6.63. The van der Waals surface area contributed by atoms with Crippen molar-refractivity contribution in [1.29, 1.82) is 0 Å². The molecule has 7 nitrogen and oxygen atoms in total. The van der Waals surface area contributed by atoms with Crippen molar-refractivity contribution in [3.8, 4) is 5.75 Å². The first-order valence-electron chi connectivity index (χ1n) is 9.37. The third kappa shape index (κ3) is 5.01. The molecule has 0 aliphatic carbocycles. The maximum atomic E-state index is 12.7. The van der Waals surface area contributed by atoms with Crippen LogP contribution in [0.15, 0.2) is 71.4 Å². The number of carbonyl (C=O) groups is 2. The van der Waals surface area contributed by atoms with Crippen LogP contribution in [0.2, 0.25) is 0 Å². The summed E-state index contributed by atoms with van der Waals surface area (Å²) in [4.78, 5) is 29.7. The molecule has 0 fully saturated rings. The molecule has 2 N–H and O–H groups in total. The van der Waals surface area contributed by atoms with Crippen molar-refractivity contribution in [2.45, 2.75) is 13.8 Å². The van der Waals surface area contributed by atoms with E-state index < -0.39 is 17.8 Å². The van der Waals surface area contributed by atoms with Gasteiger partial charge >= 0.3 is 5.97 Å². The van der Waals surface area contributed by atoms with E-state index in [4.69, 9.17) is 9.47 Å². The minimum atomic E-state index is -0.881. The molecule has 1 atom stereocenters. The van der Waals surface area contributed by atoms with Gasteiger partial charge in [0.25, 0.3) is 5.91 Å². The number of benzene rings is 2. The number of amidine groups is 1. The number of rotatable bonds is 5. The zero-order chi connectivity index (χ0) is 20.6. The maximum absolute atomic E-state index is 12.7. The predicted octanol–water partition coefficient (Wildman–Crippen LogP) is 3.42. The van der Waals surface area contributed by atoms with Crippen LogP contribution in [0.5, 0.6) is 5.75 Å². The Hall–Kier alpha value is -3.61. The molecular formula is C22H23N3O4. The zero-order valence-electron chi connectivity index (χ0n) is 16.3. The highest BCUT2D eigenvalue weighted by atomic mass is 16.5. The lowest BCUT2D eigenvalue weighted by Gasteiger charge is -2.20. The summed E-state index contributed by atoms with van der Waals surface area (Å²) in [7, 11) is 0. The highest BCUT2D eigenvalue weighted by Crippen LogP contribution is 2.32. The SMILES string of the molecule is C/C=C1/Nc2ccccc2N=C(NC(=O)COc2ccccc2)[C@H]1C(=O)OCC. The van der Waals surface area contributed by atoms with E-state index in [0.29, 0.717) is 17.1 Å². The molecule has 1 aliphatic rings. The van der Waals surface area contributed by atoms with Gasteiger partial charge < -0.3 is 20.1 Å². The van der Waals surface area contributed by atoms with Crippen LogP contribution in [-0.4, -0.2) is 30.9 Å². The van der Waals surface area contributed by atoms with Crippen molar-refractivity contribution in [3.05, 3.63) is 66.4 Å². The van der Waals surface area contributed by atoms with Crippen LogP contribution in [0.3, 0.4) is 0 Å². The van der Waals surface area contributed by atoms with Crippen LogP contribution < -0.4 is 15.4 Å². The predicted molar refractivity (Wildman–Crippen MR) is 111 cm³/mol. The normalized spacial score (nSPS) is 16.7. The molecule has 0 radical (unpaired) electrons. The van der Waals surface area contributed by atoms with E-state index in [-0.39, 0.29) is 19.0 Å². The summed E-state index contributed by atoms with van der Waals surface area (Å²) >= 11 is 0. The van der Waals surface area contributed by atoms with E-state index >= 15 is 0 Å². The number of amides is 1. The number of nitrogens with one attached hydrogen (secondary N) is 2. The van der Waals surface area contributed by atoms with E-state index in [2.05, 4.69) is 15.6 Å². The van der Waals surface area contributed by atoms with Crippen LogP contribution in [0.4, 0.5) is 11.4 Å². The third-order valence-corrected chi connectivity index (χ3v) is 4.22. The number of para-hydroxylation sites is 3. The number of aliphatic imine (C=N–C) groups is 1. The fourth-order valence-electron chi connectivity index (χ4n) is 2.89. The number of esters is 1. The van der Waals surface area contributed by atoms with E-state index in [1.54, 1.807) is 38.1 Å². The Morgan fingerprint density at radius 2 is 1.86 bits per heavy atom. The molecule has 3 rings (SSSR count). The minimum absolute atomic E-state index is 0.190. The van der Waals surface area contributed by atoms with Gasteiger partial charge in [0, 0.05) is 5.70 Å². The summed E-state index contributed by atoms with van der Waals surface area (Å²) < 4.78 is 10.7. The first-order chi connectivity index (χ1) is 14.1. The van der Waals surface area contributed by atoms with Gasteiger partial charge in [-0.3, -0.25) is 9.59 Å². The molecule has 1 aliphatic heterocycles. The highest BCUT2D eigenvalue weighted by molar-refractivity contribution is 6.12. The molecule has 0 aromatic heterocycles. The largest absolute Gasteiger partial charge is 0.484 e. The number of fused-ring (bicyclic) bond motifs is 1. The lowest BCUT2D eigenvalue weighted by atomic mass is 10.0. The lowest BCUT2D eigenvalue weighted by molar-refractivity contribution is -0.144. The van der Waals surface area contributed by atoms with Crippen molar-refractivity contribution in [1.82, 2.24) is 5.32 Å². The van der Waals surface area contributed by atoms with Gasteiger partial charge in [-0.1, -0.05) is 36.4 Å². The summed E-state index contributed by atoms with van der Waals surface area (Å²) in [6.45, 7) is 3.55. The Morgan fingerprint density at radius 1 is 1.14 bits per heavy atom. The monoisotopic (exact) mass is 393 g/mol. The molecule has 0 saturated carbocycles. The van der Waals surface area contributed by atoms with Crippen molar-refractivity contribution in [2.24, 2.45) is 10.9 Å². The molecule has 0 spiro atoms. The quantitative estimate of drug-likeness (QED) is 0.760. The topological polar surface area (TPSA) is 89.0 Å². The number of nitrogens with zero attached hydrogens (tertiary/aromatic N) is 1. The third-order valence-electron chi connectivity index (χ3n) is 4.22. The van der Waals surface area contributed by atoms with Gasteiger partial charge in [0.15, 0.2) is 12.5 Å². The smallest absolute Gasteiger partial charge is 0.322 e. The molecule has 2 aromatic carbocycles. The van der Waals surface area contributed by atoms with Crippen LogP contribution in [0.1, 0.15) is 13.8 Å². The molecule has 1 amide bonds. The fraction of sp³-hybridized carbons (Fsp3) is 0.227. The van der Waals surface area contributed by atoms with E-state index in [1.165, 1.54) is 0 Å². The minimum Gasteiger partial charge on any atom is -0.484 e. The van der Waals surface area contributed by atoms with Crippen LogP contribution in [0, 0.1) is 5.92 Å².